The molecule has 2 aromatic carbocycles. The third-order valence-corrected chi connectivity index (χ3v) is 6.82. The van der Waals surface area contributed by atoms with Gasteiger partial charge in [0.15, 0.2) is 5.13 Å². The number of hydrogen-bond donors (Lipinski definition) is 0. The van der Waals surface area contributed by atoms with Crippen molar-refractivity contribution >= 4 is 32.6 Å². The van der Waals surface area contributed by atoms with Crippen molar-refractivity contribution in [2.24, 2.45) is 0 Å². The van der Waals surface area contributed by atoms with Crippen LogP contribution in [0.2, 0.25) is 0 Å². The summed E-state index contributed by atoms with van der Waals surface area (Å²) >= 11 is 1.51. The van der Waals surface area contributed by atoms with Crippen molar-refractivity contribution in [3.05, 3.63) is 53.1 Å². The van der Waals surface area contributed by atoms with Crippen molar-refractivity contribution in [2.75, 3.05) is 51.4 Å². The Labute approximate surface area is 191 Å². The predicted octanol–water partition coefficient (Wildman–Crippen LogP) is 3.85. The average molecular weight is 451 g/mol. The molecule has 166 valence electrons. The number of aryl methyl sites for hydroxylation is 1. The van der Waals surface area contributed by atoms with Gasteiger partial charge in [0.25, 0.3) is 5.91 Å². The lowest BCUT2D eigenvalue weighted by Gasteiger charge is -2.27. The highest BCUT2D eigenvalue weighted by Gasteiger charge is 2.23. The number of nitriles is 1. The molecule has 0 saturated carbocycles. The smallest absolute Gasteiger partial charge is 0.260 e. The largest absolute Gasteiger partial charge is 0.494 e. The van der Waals surface area contributed by atoms with Crippen LogP contribution in [0.4, 0.5) is 5.13 Å². The standard InChI is InChI=1S/C24H26N4O3S/c1-17-4-9-20(30-2)21-22(17)32-24(26-21)28(11-3-10-27-12-14-31-15-13-27)23(29)19-7-5-18(16-25)6-8-19/h4-9H,3,10-15H2,1-2H3. The van der Waals surface area contributed by atoms with Gasteiger partial charge in [-0.3, -0.25) is 14.6 Å². The number of benzene rings is 2. The number of carbonyl (C=O) groups is 1. The maximum atomic E-state index is 13.5. The van der Waals surface area contributed by atoms with Gasteiger partial charge in [-0.25, -0.2) is 4.98 Å². The Morgan fingerprint density at radius 3 is 2.69 bits per heavy atom. The van der Waals surface area contributed by atoms with Crippen LogP contribution in [0.1, 0.15) is 27.9 Å². The van der Waals surface area contributed by atoms with Gasteiger partial charge in [0, 0.05) is 31.7 Å². The first-order chi connectivity index (χ1) is 15.6. The number of rotatable bonds is 7. The van der Waals surface area contributed by atoms with Crippen molar-refractivity contribution in [3.63, 3.8) is 0 Å². The van der Waals surface area contributed by atoms with E-state index in [2.05, 4.69) is 11.0 Å². The monoisotopic (exact) mass is 450 g/mol. The number of thiazole rings is 1. The second kappa shape index (κ2) is 10.1. The van der Waals surface area contributed by atoms with Gasteiger partial charge in [-0.05, 0) is 49.2 Å². The molecule has 0 atom stereocenters. The molecule has 0 spiro atoms. The van der Waals surface area contributed by atoms with Crippen molar-refractivity contribution < 1.29 is 14.3 Å². The highest BCUT2D eigenvalue weighted by molar-refractivity contribution is 7.22. The number of methoxy groups -OCH3 is 1. The quantitative estimate of drug-likeness (QED) is 0.544. The molecular weight excluding hydrogens is 424 g/mol. The Bertz CT molecular complexity index is 1130. The van der Waals surface area contributed by atoms with E-state index in [0.717, 1.165) is 55.0 Å². The van der Waals surface area contributed by atoms with E-state index in [9.17, 15) is 4.79 Å². The zero-order valence-electron chi connectivity index (χ0n) is 18.3. The van der Waals surface area contributed by atoms with Gasteiger partial charge in [-0.2, -0.15) is 5.26 Å². The Morgan fingerprint density at radius 1 is 1.25 bits per heavy atom. The lowest BCUT2D eigenvalue weighted by atomic mass is 10.1. The van der Waals surface area contributed by atoms with Crippen LogP contribution in [0.5, 0.6) is 5.75 Å². The minimum Gasteiger partial charge on any atom is -0.494 e. The van der Waals surface area contributed by atoms with Crippen LogP contribution in [-0.4, -0.2) is 62.3 Å². The fraction of sp³-hybridized carbons (Fsp3) is 0.375. The van der Waals surface area contributed by atoms with Gasteiger partial charge in [-0.15, -0.1) is 0 Å². The fourth-order valence-electron chi connectivity index (χ4n) is 3.78. The molecule has 1 aliphatic heterocycles. The Balaban J connectivity index is 1.63. The second-order valence-electron chi connectivity index (χ2n) is 7.71. The van der Waals surface area contributed by atoms with E-state index < -0.39 is 0 Å². The Hall–Kier alpha value is -2.99. The predicted molar refractivity (Wildman–Crippen MR) is 126 cm³/mol. The number of carbonyl (C=O) groups excluding carboxylic acids is 1. The molecule has 1 fully saturated rings. The molecular formula is C24H26N4O3S. The van der Waals surface area contributed by atoms with E-state index in [1.54, 1.807) is 36.3 Å². The number of morpholine rings is 1. The van der Waals surface area contributed by atoms with Crippen LogP contribution in [0.3, 0.4) is 0 Å². The molecule has 0 N–H and O–H groups in total. The lowest BCUT2D eigenvalue weighted by Crippen LogP contribution is -2.39. The first kappa shape index (κ1) is 22.2. The van der Waals surface area contributed by atoms with Crippen LogP contribution in [0.25, 0.3) is 10.2 Å². The number of amides is 1. The van der Waals surface area contributed by atoms with E-state index in [-0.39, 0.29) is 5.91 Å². The molecule has 4 rings (SSSR count). The molecule has 0 aliphatic carbocycles. The normalized spacial score (nSPS) is 14.3. The number of hydrogen-bond acceptors (Lipinski definition) is 7. The number of nitrogens with zero attached hydrogens (tertiary/aromatic N) is 4. The maximum Gasteiger partial charge on any atom is 0.260 e. The van der Waals surface area contributed by atoms with Crippen molar-refractivity contribution in [1.82, 2.24) is 9.88 Å². The minimum absolute atomic E-state index is 0.118. The van der Waals surface area contributed by atoms with E-state index in [0.29, 0.717) is 28.6 Å². The molecule has 32 heavy (non-hydrogen) atoms. The molecule has 8 heteroatoms. The van der Waals surface area contributed by atoms with E-state index in [4.69, 9.17) is 19.7 Å². The summed E-state index contributed by atoms with van der Waals surface area (Å²) in [6.45, 7) is 6.83. The Morgan fingerprint density at radius 2 is 2.00 bits per heavy atom. The van der Waals surface area contributed by atoms with Crippen LogP contribution in [0, 0.1) is 18.3 Å². The van der Waals surface area contributed by atoms with E-state index >= 15 is 0 Å². The zero-order chi connectivity index (χ0) is 22.5. The molecule has 2 heterocycles. The lowest BCUT2D eigenvalue weighted by molar-refractivity contribution is 0.0376. The third-order valence-electron chi connectivity index (χ3n) is 5.61. The topological polar surface area (TPSA) is 78.7 Å². The van der Waals surface area contributed by atoms with E-state index in [1.165, 1.54) is 11.3 Å². The first-order valence-electron chi connectivity index (χ1n) is 10.7. The molecule has 1 aromatic heterocycles. The highest BCUT2D eigenvalue weighted by Crippen LogP contribution is 2.37. The van der Waals surface area contributed by atoms with Gasteiger partial charge < -0.3 is 9.47 Å². The molecule has 0 radical (unpaired) electrons. The third kappa shape index (κ3) is 4.75. The summed E-state index contributed by atoms with van der Waals surface area (Å²) in [6, 6.07) is 12.8. The molecule has 3 aromatic rings. The van der Waals surface area contributed by atoms with Gasteiger partial charge >= 0.3 is 0 Å². The summed E-state index contributed by atoms with van der Waals surface area (Å²) in [4.78, 5) is 22.4. The minimum atomic E-state index is -0.118. The van der Waals surface area contributed by atoms with Gasteiger partial charge in [-0.1, -0.05) is 17.4 Å². The first-order valence-corrected chi connectivity index (χ1v) is 11.5. The van der Waals surface area contributed by atoms with Crippen LogP contribution >= 0.6 is 11.3 Å². The maximum absolute atomic E-state index is 13.5. The summed E-state index contributed by atoms with van der Waals surface area (Å²) in [5.41, 5.74) is 2.95. The molecule has 1 saturated heterocycles. The van der Waals surface area contributed by atoms with Crippen LogP contribution < -0.4 is 9.64 Å². The average Bonchev–Trinajstić information content (AvgIpc) is 3.28. The summed E-state index contributed by atoms with van der Waals surface area (Å²) in [6.07, 6.45) is 0.827. The van der Waals surface area contributed by atoms with E-state index in [1.807, 2.05) is 19.1 Å². The van der Waals surface area contributed by atoms with Gasteiger partial charge in [0.05, 0.1) is 36.7 Å². The fourth-order valence-corrected chi connectivity index (χ4v) is 4.86. The molecule has 7 nitrogen and oxygen atoms in total. The number of aromatic nitrogens is 1. The van der Waals surface area contributed by atoms with Gasteiger partial charge in [0.1, 0.15) is 11.3 Å². The van der Waals surface area contributed by atoms with Crippen molar-refractivity contribution in [3.8, 4) is 11.8 Å². The summed E-state index contributed by atoms with van der Waals surface area (Å²) in [7, 11) is 1.63. The van der Waals surface area contributed by atoms with Gasteiger partial charge in [0.2, 0.25) is 0 Å². The Kier molecular flexibility index (Phi) is 7.00. The highest BCUT2D eigenvalue weighted by atomic mass is 32.1. The summed E-state index contributed by atoms with van der Waals surface area (Å²) in [5.74, 6) is 0.583. The summed E-state index contributed by atoms with van der Waals surface area (Å²) < 4.78 is 11.9. The second-order valence-corrected chi connectivity index (χ2v) is 8.69. The van der Waals surface area contributed by atoms with Crippen LogP contribution in [-0.2, 0) is 4.74 Å². The van der Waals surface area contributed by atoms with Crippen molar-refractivity contribution in [1.29, 1.82) is 5.26 Å². The number of fused-ring (bicyclic) bond motifs is 1. The molecule has 1 amide bonds. The molecule has 1 aliphatic rings. The number of ether oxygens (including phenoxy) is 2. The SMILES string of the molecule is COc1ccc(C)c2sc(N(CCCN3CCOCC3)C(=O)c3ccc(C#N)cc3)nc12. The van der Waals surface area contributed by atoms with Crippen molar-refractivity contribution in [2.45, 2.75) is 13.3 Å². The molecule has 0 bridgehead atoms. The number of anilines is 1. The summed E-state index contributed by atoms with van der Waals surface area (Å²) in [5, 5.41) is 9.73. The zero-order valence-corrected chi connectivity index (χ0v) is 19.2. The molecule has 0 unspecified atom stereocenters. The van der Waals surface area contributed by atoms with Crippen LogP contribution in [0.15, 0.2) is 36.4 Å².